The molecule has 2 aromatic carbocycles. The lowest BCUT2D eigenvalue weighted by molar-refractivity contribution is 0.183. The Bertz CT molecular complexity index is 1200. The van der Waals surface area contributed by atoms with Gasteiger partial charge in [0.1, 0.15) is 0 Å². The topological polar surface area (TPSA) is 58.9 Å². The summed E-state index contributed by atoms with van der Waals surface area (Å²) < 4.78 is 4.15. The average molecular weight is 410 g/mol. The second kappa shape index (κ2) is 7.69. The summed E-state index contributed by atoms with van der Waals surface area (Å²) in [5, 5.41) is 0.645. The molecule has 1 saturated heterocycles. The van der Waals surface area contributed by atoms with Crippen molar-refractivity contribution in [3.63, 3.8) is 0 Å². The maximum atomic E-state index is 12.5. The number of aryl methyl sites for hydroxylation is 1. The zero-order valence-electron chi connectivity index (χ0n) is 16.2. The van der Waals surface area contributed by atoms with Crippen LogP contribution in [0.15, 0.2) is 53.6 Å². The van der Waals surface area contributed by atoms with Crippen LogP contribution >= 0.6 is 11.6 Å². The first-order chi connectivity index (χ1) is 14.2. The van der Waals surface area contributed by atoms with E-state index in [0.717, 1.165) is 62.0 Å². The largest absolute Gasteiger partial charge is 0.331 e. The standard InChI is InChI=1S/C22H24ClN5O/c23-16-6-7-21-19(14-16)25-22(29)28(21)17-8-12-26(13-9-17)10-3-11-27-15-24-18-4-1-2-5-20(18)27/h1-2,4-7,14-15,17H,3,8-13H2,(H,25,29). The van der Waals surface area contributed by atoms with Crippen LogP contribution < -0.4 is 5.69 Å². The molecule has 0 bridgehead atoms. The molecule has 0 saturated carbocycles. The molecule has 6 nitrogen and oxygen atoms in total. The van der Waals surface area contributed by atoms with E-state index in [2.05, 4.69) is 37.6 Å². The summed E-state index contributed by atoms with van der Waals surface area (Å²) in [6.07, 6.45) is 5.01. The number of nitrogens with zero attached hydrogens (tertiary/aromatic N) is 4. The number of rotatable bonds is 5. The van der Waals surface area contributed by atoms with Crippen molar-refractivity contribution in [2.24, 2.45) is 0 Å². The van der Waals surface area contributed by atoms with Gasteiger partial charge in [-0.3, -0.25) is 4.57 Å². The van der Waals surface area contributed by atoms with Gasteiger partial charge in [0.05, 0.1) is 28.4 Å². The van der Waals surface area contributed by atoms with Crippen LogP contribution in [-0.2, 0) is 6.54 Å². The quantitative estimate of drug-likeness (QED) is 0.540. The van der Waals surface area contributed by atoms with Gasteiger partial charge in [0.25, 0.3) is 0 Å². The fourth-order valence-electron chi connectivity index (χ4n) is 4.52. The van der Waals surface area contributed by atoms with Gasteiger partial charge in [-0.2, -0.15) is 0 Å². The van der Waals surface area contributed by atoms with Gasteiger partial charge in [-0.15, -0.1) is 0 Å². The van der Waals surface area contributed by atoms with Crippen molar-refractivity contribution < 1.29 is 0 Å². The highest BCUT2D eigenvalue weighted by molar-refractivity contribution is 6.31. The van der Waals surface area contributed by atoms with Crippen molar-refractivity contribution in [1.29, 1.82) is 0 Å². The number of aromatic amines is 1. The Labute approximate surface area is 173 Å². The first-order valence-corrected chi connectivity index (χ1v) is 10.6. The predicted octanol–water partition coefficient (Wildman–Crippen LogP) is 4.06. The second-order valence-corrected chi connectivity index (χ2v) is 8.25. The van der Waals surface area contributed by atoms with E-state index in [1.807, 2.05) is 35.2 Å². The zero-order chi connectivity index (χ0) is 19.8. The fourth-order valence-corrected chi connectivity index (χ4v) is 4.69. The lowest BCUT2D eigenvalue weighted by atomic mass is 10.0. The van der Waals surface area contributed by atoms with Gasteiger partial charge >= 0.3 is 5.69 Å². The van der Waals surface area contributed by atoms with Crippen LogP contribution in [0.2, 0.25) is 5.02 Å². The first kappa shape index (κ1) is 18.5. The van der Waals surface area contributed by atoms with E-state index in [1.54, 1.807) is 0 Å². The van der Waals surface area contributed by atoms with Gasteiger partial charge in [0, 0.05) is 30.7 Å². The Hall–Kier alpha value is -2.57. The second-order valence-electron chi connectivity index (χ2n) is 7.81. The Morgan fingerprint density at radius 2 is 1.90 bits per heavy atom. The smallest absolute Gasteiger partial charge is 0.326 e. The summed E-state index contributed by atoms with van der Waals surface area (Å²) in [4.78, 5) is 22.4. The summed E-state index contributed by atoms with van der Waals surface area (Å²) in [6.45, 7) is 4.07. The molecule has 0 unspecified atom stereocenters. The highest BCUT2D eigenvalue weighted by Crippen LogP contribution is 2.26. The van der Waals surface area contributed by atoms with Gasteiger partial charge in [0.15, 0.2) is 0 Å². The molecule has 4 aromatic rings. The molecule has 1 fully saturated rings. The molecule has 2 aromatic heterocycles. The van der Waals surface area contributed by atoms with Crippen LogP contribution in [0.25, 0.3) is 22.1 Å². The van der Waals surface area contributed by atoms with Gasteiger partial charge in [-0.1, -0.05) is 23.7 Å². The Balaban J connectivity index is 1.19. The minimum absolute atomic E-state index is 0.0345. The van der Waals surface area contributed by atoms with Gasteiger partial charge in [0.2, 0.25) is 0 Å². The molecule has 1 aliphatic heterocycles. The monoisotopic (exact) mass is 409 g/mol. The fraction of sp³-hybridized carbons (Fsp3) is 0.364. The third-order valence-electron chi connectivity index (χ3n) is 6.00. The number of hydrogen-bond acceptors (Lipinski definition) is 3. The molecular formula is C22H24ClN5O. The average Bonchev–Trinajstić information content (AvgIpc) is 3.28. The third-order valence-corrected chi connectivity index (χ3v) is 6.24. The minimum Gasteiger partial charge on any atom is -0.331 e. The Morgan fingerprint density at radius 3 is 2.76 bits per heavy atom. The van der Waals surface area contributed by atoms with Crippen LogP contribution in [0.4, 0.5) is 0 Å². The van der Waals surface area contributed by atoms with Gasteiger partial charge in [-0.25, -0.2) is 9.78 Å². The van der Waals surface area contributed by atoms with E-state index in [1.165, 1.54) is 5.52 Å². The van der Waals surface area contributed by atoms with Crippen molar-refractivity contribution in [2.75, 3.05) is 19.6 Å². The number of aromatic nitrogens is 4. The lowest BCUT2D eigenvalue weighted by Crippen LogP contribution is -2.37. The van der Waals surface area contributed by atoms with E-state index in [9.17, 15) is 4.79 Å². The summed E-state index contributed by atoms with van der Waals surface area (Å²) in [6, 6.07) is 14.1. The van der Waals surface area contributed by atoms with E-state index >= 15 is 0 Å². The van der Waals surface area contributed by atoms with Crippen molar-refractivity contribution in [2.45, 2.75) is 31.8 Å². The minimum atomic E-state index is -0.0345. The highest BCUT2D eigenvalue weighted by Gasteiger charge is 2.23. The number of piperidine rings is 1. The van der Waals surface area contributed by atoms with Gasteiger partial charge in [-0.05, 0) is 56.1 Å². The van der Waals surface area contributed by atoms with Crippen molar-refractivity contribution in [3.8, 4) is 0 Å². The maximum absolute atomic E-state index is 12.5. The summed E-state index contributed by atoms with van der Waals surface area (Å²) in [5.41, 5.74) is 3.99. The Kier molecular flexibility index (Phi) is 4.89. The molecule has 0 atom stereocenters. The molecule has 150 valence electrons. The van der Waals surface area contributed by atoms with E-state index in [0.29, 0.717) is 5.02 Å². The molecule has 29 heavy (non-hydrogen) atoms. The molecular weight excluding hydrogens is 386 g/mol. The number of benzene rings is 2. The molecule has 0 aliphatic carbocycles. The van der Waals surface area contributed by atoms with Crippen LogP contribution in [0.3, 0.4) is 0 Å². The predicted molar refractivity (Wildman–Crippen MR) is 117 cm³/mol. The maximum Gasteiger partial charge on any atom is 0.326 e. The number of imidazole rings is 2. The third kappa shape index (κ3) is 3.58. The first-order valence-electron chi connectivity index (χ1n) is 10.2. The number of para-hydroxylation sites is 2. The molecule has 5 rings (SSSR count). The van der Waals surface area contributed by atoms with Crippen molar-refractivity contribution >= 4 is 33.7 Å². The normalized spacial score (nSPS) is 16.2. The van der Waals surface area contributed by atoms with E-state index in [-0.39, 0.29) is 11.7 Å². The number of fused-ring (bicyclic) bond motifs is 2. The molecule has 0 spiro atoms. The van der Waals surface area contributed by atoms with Crippen LogP contribution in [0.5, 0.6) is 0 Å². The number of likely N-dealkylation sites (tertiary alicyclic amines) is 1. The molecule has 0 amide bonds. The molecule has 1 N–H and O–H groups in total. The van der Waals surface area contributed by atoms with E-state index in [4.69, 9.17) is 11.6 Å². The number of nitrogens with one attached hydrogen (secondary N) is 1. The van der Waals surface area contributed by atoms with Crippen molar-refractivity contribution in [3.05, 3.63) is 64.3 Å². The Morgan fingerprint density at radius 1 is 1.07 bits per heavy atom. The molecule has 1 aliphatic rings. The number of halogens is 1. The number of hydrogen-bond donors (Lipinski definition) is 1. The summed E-state index contributed by atoms with van der Waals surface area (Å²) in [5.74, 6) is 0. The summed E-state index contributed by atoms with van der Waals surface area (Å²) >= 11 is 6.06. The molecule has 0 radical (unpaired) electrons. The lowest BCUT2D eigenvalue weighted by Gasteiger charge is -2.32. The van der Waals surface area contributed by atoms with Gasteiger partial charge < -0.3 is 14.5 Å². The highest BCUT2D eigenvalue weighted by atomic mass is 35.5. The summed E-state index contributed by atoms with van der Waals surface area (Å²) in [7, 11) is 0. The van der Waals surface area contributed by atoms with Crippen LogP contribution in [0.1, 0.15) is 25.3 Å². The van der Waals surface area contributed by atoms with Crippen molar-refractivity contribution in [1.82, 2.24) is 24.0 Å². The SMILES string of the molecule is O=c1[nH]c2cc(Cl)ccc2n1C1CCN(CCCn2cnc3ccccc32)CC1. The van der Waals surface area contributed by atoms with E-state index < -0.39 is 0 Å². The molecule has 3 heterocycles. The zero-order valence-corrected chi connectivity index (χ0v) is 17.0. The van der Waals surface area contributed by atoms with Crippen LogP contribution in [0, 0.1) is 0 Å². The number of H-pyrrole nitrogens is 1. The molecule has 7 heteroatoms. The van der Waals surface area contributed by atoms with Crippen LogP contribution in [-0.4, -0.2) is 43.6 Å².